The standard InChI is InChI=1S/C27H25F4N5O7S/c1-14(2)36-25(39)16(13-34(26(36)40)18-4-6-21(32-12-18)27(29,30)31)11-33-24(38)23-19(37)7-8-35(23)44(41,42)22-10-15-9-17(28)3-5-20(15)43-22/h3-6,9-10,12-14,19,23,37H,7-8,11H2,1-2H3,(H,33,38)/t19-,23-/m0/s1. The van der Waals surface area contributed by atoms with Gasteiger partial charge in [0.05, 0.1) is 23.6 Å². The number of nitrogens with one attached hydrogen (secondary N) is 1. The van der Waals surface area contributed by atoms with Crippen LogP contribution in [0.3, 0.4) is 0 Å². The minimum absolute atomic E-state index is 0.0841. The summed E-state index contributed by atoms with van der Waals surface area (Å²) < 4.78 is 87.2. The highest BCUT2D eigenvalue weighted by Gasteiger charge is 2.46. The normalized spacial score (nSPS) is 17.9. The quantitative estimate of drug-likeness (QED) is 0.292. The number of aromatic nitrogens is 3. The number of rotatable bonds is 7. The lowest BCUT2D eigenvalue weighted by atomic mass is 10.1. The van der Waals surface area contributed by atoms with Crippen molar-refractivity contribution in [2.24, 2.45) is 0 Å². The molecule has 2 N–H and O–H groups in total. The molecule has 1 aromatic carbocycles. The highest BCUT2D eigenvalue weighted by molar-refractivity contribution is 7.89. The number of pyridine rings is 1. The van der Waals surface area contributed by atoms with Crippen molar-refractivity contribution in [1.29, 1.82) is 0 Å². The highest BCUT2D eigenvalue weighted by atomic mass is 32.2. The van der Waals surface area contributed by atoms with Gasteiger partial charge in [-0.3, -0.25) is 18.7 Å². The second-order valence-corrected chi connectivity index (χ2v) is 12.2. The molecule has 4 heterocycles. The lowest BCUT2D eigenvalue weighted by Gasteiger charge is -2.24. The van der Waals surface area contributed by atoms with E-state index in [1.807, 2.05) is 0 Å². The number of carbonyl (C=O) groups excluding carboxylic acids is 1. The van der Waals surface area contributed by atoms with E-state index < -0.39 is 74.7 Å². The third kappa shape index (κ3) is 5.65. The molecule has 1 fully saturated rings. The molecule has 4 aromatic rings. The van der Waals surface area contributed by atoms with Crippen molar-refractivity contribution in [3.05, 3.63) is 86.7 Å². The maximum absolute atomic E-state index is 13.6. The number of fused-ring (bicyclic) bond motifs is 1. The van der Waals surface area contributed by atoms with Gasteiger partial charge in [0.15, 0.2) is 0 Å². The summed E-state index contributed by atoms with van der Waals surface area (Å²) in [7, 11) is -4.49. The summed E-state index contributed by atoms with van der Waals surface area (Å²) >= 11 is 0. The van der Waals surface area contributed by atoms with Crippen LogP contribution in [-0.4, -0.2) is 56.5 Å². The fraction of sp³-hybridized carbons (Fsp3) is 0.333. The first-order chi connectivity index (χ1) is 20.6. The summed E-state index contributed by atoms with van der Waals surface area (Å²) in [5.41, 5.74) is -3.01. The van der Waals surface area contributed by atoms with E-state index in [1.54, 1.807) is 0 Å². The first kappa shape index (κ1) is 31.1. The molecule has 0 unspecified atom stereocenters. The lowest BCUT2D eigenvalue weighted by Crippen LogP contribution is -2.50. The number of benzene rings is 1. The summed E-state index contributed by atoms with van der Waals surface area (Å²) in [5, 5.41) is 12.6. The Bertz CT molecular complexity index is 1970. The highest BCUT2D eigenvalue weighted by Crippen LogP contribution is 2.31. The molecule has 1 aliphatic heterocycles. The monoisotopic (exact) mass is 639 g/mol. The third-order valence-corrected chi connectivity index (χ3v) is 8.82. The molecule has 44 heavy (non-hydrogen) atoms. The molecule has 234 valence electrons. The largest absolute Gasteiger partial charge is 0.443 e. The number of hydrogen-bond donors (Lipinski definition) is 2. The van der Waals surface area contributed by atoms with Gasteiger partial charge in [-0.15, -0.1) is 0 Å². The molecule has 0 aliphatic carbocycles. The number of hydrogen-bond acceptors (Lipinski definition) is 8. The SMILES string of the molecule is CC(C)n1c(=O)c(CNC(=O)[C@@H]2[C@@H](O)CCN2S(=O)(=O)c2cc3cc(F)ccc3o2)cn(-c2ccc(C(F)(F)F)nc2)c1=O. The van der Waals surface area contributed by atoms with Crippen molar-refractivity contribution >= 4 is 26.9 Å². The number of carbonyl (C=O) groups is 1. The number of aliphatic hydroxyl groups excluding tert-OH is 1. The summed E-state index contributed by atoms with van der Waals surface area (Å²) in [4.78, 5) is 42.8. The van der Waals surface area contributed by atoms with Crippen molar-refractivity contribution < 1.29 is 40.3 Å². The van der Waals surface area contributed by atoms with Crippen LogP contribution in [0.4, 0.5) is 17.6 Å². The number of nitrogens with zero attached hydrogens (tertiary/aromatic N) is 4. The molecule has 0 radical (unpaired) electrons. The van der Waals surface area contributed by atoms with E-state index in [0.717, 1.165) is 50.1 Å². The number of amides is 1. The molecule has 17 heteroatoms. The molecular formula is C27H25F4N5O7S. The summed E-state index contributed by atoms with van der Waals surface area (Å²) in [6.45, 7) is 2.29. The van der Waals surface area contributed by atoms with Gasteiger partial charge >= 0.3 is 11.9 Å². The zero-order chi connectivity index (χ0) is 32.1. The van der Waals surface area contributed by atoms with Gasteiger partial charge in [0, 0.05) is 36.8 Å². The number of sulfonamides is 1. The Morgan fingerprint density at radius 3 is 2.55 bits per heavy atom. The number of aliphatic hydroxyl groups is 1. The summed E-state index contributed by atoms with van der Waals surface area (Å²) in [5.74, 6) is -1.58. The van der Waals surface area contributed by atoms with Gasteiger partial charge in [0.2, 0.25) is 11.0 Å². The zero-order valence-corrected chi connectivity index (χ0v) is 23.9. The minimum atomic E-state index is -4.72. The average molecular weight is 640 g/mol. The lowest BCUT2D eigenvalue weighted by molar-refractivity contribution is -0.141. The van der Waals surface area contributed by atoms with Gasteiger partial charge in [-0.1, -0.05) is 0 Å². The number of alkyl halides is 3. The van der Waals surface area contributed by atoms with Crippen LogP contribution in [0.2, 0.25) is 0 Å². The van der Waals surface area contributed by atoms with E-state index in [0.29, 0.717) is 6.07 Å². The molecular weight excluding hydrogens is 614 g/mol. The van der Waals surface area contributed by atoms with Crippen LogP contribution in [-0.2, 0) is 27.5 Å². The van der Waals surface area contributed by atoms with Gasteiger partial charge in [0.25, 0.3) is 15.6 Å². The second-order valence-electron chi connectivity index (χ2n) is 10.4. The van der Waals surface area contributed by atoms with E-state index in [-0.39, 0.29) is 35.2 Å². The molecule has 1 saturated heterocycles. The smallest absolute Gasteiger partial charge is 0.433 e. The van der Waals surface area contributed by atoms with E-state index in [1.165, 1.54) is 19.9 Å². The van der Waals surface area contributed by atoms with E-state index in [4.69, 9.17) is 4.42 Å². The molecule has 1 amide bonds. The minimum Gasteiger partial charge on any atom is -0.443 e. The number of furan rings is 1. The van der Waals surface area contributed by atoms with Crippen LogP contribution in [0.1, 0.15) is 37.6 Å². The van der Waals surface area contributed by atoms with Gasteiger partial charge in [0.1, 0.15) is 23.1 Å². The van der Waals surface area contributed by atoms with Gasteiger partial charge in [-0.25, -0.2) is 22.6 Å². The van der Waals surface area contributed by atoms with Crippen molar-refractivity contribution in [3.63, 3.8) is 0 Å². The Labute approximate surface area is 246 Å². The second kappa shape index (κ2) is 11.3. The fourth-order valence-corrected chi connectivity index (χ4v) is 6.51. The van der Waals surface area contributed by atoms with Crippen LogP contribution in [0.25, 0.3) is 16.7 Å². The Morgan fingerprint density at radius 1 is 1.18 bits per heavy atom. The van der Waals surface area contributed by atoms with Crippen LogP contribution >= 0.6 is 0 Å². The van der Waals surface area contributed by atoms with Gasteiger partial charge in [-0.05, 0) is 50.6 Å². The van der Waals surface area contributed by atoms with Crippen molar-refractivity contribution in [2.45, 2.75) is 56.3 Å². The van der Waals surface area contributed by atoms with E-state index in [9.17, 15) is 45.5 Å². The molecule has 12 nitrogen and oxygen atoms in total. The molecule has 5 rings (SSSR count). The Hall–Kier alpha value is -4.35. The predicted octanol–water partition coefficient (Wildman–Crippen LogP) is 2.32. The maximum atomic E-state index is 13.6. The van der Waals surface area contributed by atoms with Gasteiger partial charge < -0.3 is 14.8 Å². The zero-order valence-electron chi connectivity index (χ0n) is 23.1. The number of halogens is 4. The molecule has 3 aromatic heterocycles. The van der Waals surface area contributed by atoms with Crippen LogP contribution in [0.15, 0.2) is 67.9 Å². The van der Waals surface area contributed by atoms with Gasteiger partial charge in [-0.2, -0.15) is 17.5 Å². The van der Waals surface area contributed by atoms with Crippen molar-refractivity contribution in [2.75, 3.05) is 6.54 Å². The first-order valence-corrected chi connectivity index (χ1v) is 14.6. The Morgan fingerprint density at radius 2 is 1.91 bits per heavy atom. The molecule has 0 saturated carbocycles. The van der Waals surface area contributed by atoms with Crippen LogP contribution < -0.4 is 16.6 Å². The molecule has 0 bridgehead atoms. The van der Waals surface area contributed by atoms with Crippen LogP contribution in [0, 0.1) is 5.82 Å². The Balaban J connectivity index is 1.43. The first-order valence-electron chi connectivity index (χ1n) is 13.2. The molecule has 0 spiro atoms. The van der Waals surface area contributed by atoms with Crippen LogP contribution in [0.5, 0.6) is 0 Å². The van der Waals surface area contributed by atoms with E-state index >= 15 is 0 Å². The topological polar surface area (TPSA) is 157 Å². The molecule has 1 aliphatic rings. The maximum Gasteiger partial charge on any atom is 0.433 e. The fourth-order valence-electron chi connectivity index (χ4n) is 4.92. The average Bonchev–Trinajstić information content (AvgIpc) is 3.56. The Kier molecular flexibility index (Phi) is 7.98. The summed E-state index contributed by atoms with van der Waals surface area (Å²) in [6.07, 6.45) is -4.39. The predicted molar refractivity (Wildman–Crippen MR) is 146 cm³/mol. The molecule has 2 atom stereocenters. The van der Waals surface area contributed by atoms with Crippen molar-refractivity contribution in [3.8, 4) is 5.69 Å². The van der Waals surface area contributed by atoms with E-state index in [2.05, 4.69) is 10.3 Å². The third-order valence-electron chi connectivity index (χ3n) is 7.08. The van der Waals surface area contributed by atoms with Crippen molar-refractivity contribution in [1.82, 2.24) is 23.7 Å². The summed E-state index contributed by atoms with van der Waals surface area (Å²) in [6, 6.07) is 3.86.